The molecule has 154 valence electrons. The van der Waals surface area contributed by atoms with E-state index in [-0.39, 0.29) is 23.7 Å². The molecule has 1 aliphatic heterocycles. The molecule has 29 heavy (non-hydrogen) atoms. The van der Waals surface area contributed by atoms with E-state index in [1.807, 2.05) is 6.92 Å². The van der Waals surface area contributed by atoms with Crippen LogP contribution in [-0.4, -0.2) is 63.4 Å². The SMILES string of the molecule is COCC1CN(c2ccnc(-c3cnc4cnc(C(F)(F)F)cn34)n2)CC(C)O1. The predicted molar refractivity (Wildman–Crippen MR) is 97.4 cm³/mol. The summed E-state index contributed by atoms with van der Waals surface area (Å²) in [7, 11) is 1.62. The second kappa shape index (κ2) is 7.56. The molecule has 2 atom stereocenters. The van der Waals surface area contributed by atoms with Gasteiger partial charge in [-0.25, -0.2) is 19.9 Å². The van der Waals surface area contributed by atoms with Crippen LogP contribution >= 0.6 is 0 Å². The number of methoxy groups -OCH3 is 1. The molecule has 1 fully saturated rings. The third kappa shape index (κ3) is 4.01. The van der Waals surface area contributed by atoms with E-state index in [9.17, 15) is 13.2 Å². The minimum atomic E-state index is -4.56. The molecule has 4 rings (SSSR count). The first-order valence-electron chi connectivity index (χ1n) is 8.98. The molecule has 3 aromatic heterocycles. The van der Waals surface area contributed by atoms with Crippen molar-refractivity contribution in [3.63, 3.8) is 0 Å². The van der Waals surface area contributed by atoms with E-state index in [0.29, 0.717) is 31.2 Å². The highest BCUT2D eigenvalue weighted by atomic mass is 19.4. The summed E-state index contributed by atoms with van der Waals surface area (Å²) in [5, 5.41) is 0. The normalized spacial score (nSPS) is 20.4. The van der Waals surface area contributed by atoms with Gasteiger partial charge in [0.05, 0.1) is 31.2 Å². The Morgan fingerprint density at radius 3 is 2.79 bits per heavy atom. The first-order valence-corrected chi connectivity index (χ1v) is 8.98. The smallest absolute Gasteiger partial charge is 0.382 e. The largest absolute Gasteiger partial charge is 0.434 e. The molecule has 4 heterocycles. The number of imidazole rings is 1. The van der Waals surface area contributed by atoms with E-state index >= 15 is 0 Å². The zero-order valence-electron chi connectivity index (χ0n) is 15.8. The minimum absolute atomic E-state index is 0.0152. The summed E-state index contributed by atoms with van der Waals surface area (Å²) in [5.74, 6) is 0.933. The van der Waals surface area contributed by atoms with Crippen molar-refractivity contribution in [2.45, 2.75) is 25.3 Å². The Balaban J connectivity index is 1.69. The third-order valence-corrected chi connectivity index (χ3v) is 4.56. The van der Waals surface area contributed by atoms with Crippen molar-refractivity contribution in [3.05, 3.63) is 36.5 Å². The van der Waals surface area contributed by atoms with Gasteiger partial charge in [-0.2, -0.15) is 13.2 Å². The summed E-state index contributed by atoms with van der Waals surface area (Å²) in [6.07, 6.45) is 0.324. The number of nitrogens with zero attached hydrogens (tertiary/aromatic N) is 6. The van der Waals surface area contributed by atoms with Gasteiger partial charge in [0, 0.05) is 32.6 Å². The summed E-state index contributed by atoms with van der Waals surface area (Å²) in [5.41, 5.74) is -0.378. The van der Waals surface area contributed by atoms with Crippen molar-refractivity contribution in [1.29, 1.82) is 0 Å². The Kier molecular flexibility index (Phi) is 5.09. The van der Waals surface area contributed by atoms with Crippen LogP contribution in [0.5, 0.6) is 0 Å². The van der Waals surface area contributed by atoms with Crippen LogP contribution in [-0.2, 0) is 15.7 Å². The monoisotopic (exact) mass is 408 g/mol. The summed E-state index contributed by atoms with van der Waals surface area (Å²) in [4.78, 5) is 18.4. The van der Waals surface area contributed by atoms with E-state index in [0.717, 1.165) is 12.4 Å². The summed E-state index contributed by atoms with van der Waals surface area (Å²) >= 11 is 0. The molecular formula is C18H19F3N6O2. The molecule has 0 radical (unpaired) electrons. The van der Waals surface area contributed by atoms with Crippen LogP contribution in [0.2, 0.25) is 0 Å². The highest BCUT2D eigenvalue weighted by Crippen LogP contribution is 2.29. The van der Waals surface area contributed by atoms with Gasteiger partial charge in [0.15, 0.2) is 17.2 Å². The molecule has 0 saturated carbocycles. The molecule has 0 N–H and O–H groups in total. The van der Waals surface area contributed by atoms with Crippen LogP contribution in [0, 0.1) is 0 Å². The molecule has 0 spiro atoms. The van der Waals surface area contributed by atoms with Gasteiger partial charge in [0.1, 0.15) is 11.5 Å². The van der Waals surface area contributed by atoms with Crippen molar-refractivity contribution in [2.75, 3.05) is 31.7 Å². The van der Waals surface area contributed by atoms with Crippen molar-refractivity contribution in [2.24, 2.45) is 0 Å². The molecule has 2 unspecified atom stereocenters. The molecule has 1 saturated heterocycles. The Hall–Kier alpha value is -2.79. The zero-order chi connectivity index (χ0) is 20.6. The fourth-order valence-corrected chi connectivity index (χ4v) is 3.36. The van der Waals surface area contributed by atoms with E-state index in [4.69, 9.17) is 9.47 Å². The van der Waals surface area contributed by atoms with Gasteiger partial charge in [0.2, 0.25) is 0 Å². The number of aromatic nitrogens is 5. The van der Waals surface area contributed by atoms with Crippen LogP contribution < -0.4 is 4.90 Å². The van der Waals surface area contributed by atoms with Crippen LogP contribution in [0.25, 0.3) is 17.2 Å². The Morgan fingerprint density at radius 1 is 1.21 bits per heavy atom. The number of halogens is 3. The number of ether oxygens (including phenoxy) is 2. The molecule has 11 heteroatoms. The molecular weight excluding hydrogens is 389 g/mol. The number of hydrogen-bond acceptors (Lipinski definition) is 7. The second-order valence-corrected chi connectivity index (χ2v) is 6.81. The summed E-state index contributed by atoms with van der Waals surface area (Å²) < 4.78 is 51.5. The van der Waals surface area contributed by atoms with Crippen LogP contribution in [0.1, 0.15) is 12.6 Å². The lowest BCUT2D eigenvalue weighted by Gasteiger charge is -2.37. The third-order valence-electron chi connectivity index (χ3n) is 4.56. The van der Waals surface area contributed by atoms with Crippen LogP contribution in [0.4, 0.5) is 19.0 Å². The average molecular weight is 408 g/mol. The Morgan fingerprint density at radius 2 is 2.03 bits per heavy atom. The maximum Gasteiger partial charge on any atom is 0.434 e. The van der Waals surface area contributed by atoms with E-state index in [2.05, 4.69) is 24.8 Å². The average Bonchev–Trinajstić information content (AvgIpc) is 3.10. The number of morpholine rings is 1. The number of alkyl halides is 3. The van der Waals surface area contributed by atoms with Gasteiger partial charge in [-0.15, -0.1) is 0 Å². The minimum Gasteiger partial charge on any atom is -0.382 e. The maximum atomic E-state index is 13.0. The van der Waals surface area contributed by atoms with Crippen molar-refractivity contribution in [1.82, 2.24) is 24.3 Å². The predicted octanol–water partition coefficient (Wildman–Crippen LogP) is 2.45. The first kappa shape index (κ1) is 19.5. The van der Waals surface area contributed by atoms with E-state index in [1.165, 1.54) is 10.6 Å². The Bertz CT molecular complexity index is 1010. The lowest BCUT2D eigenvalue weighted by atomic mass is 10.2. The Labute approximate surface area is 164 Å². The quantitative estimate of drug-likeness (QED) is 0.656. The topological polar surface area (TPSA) is 77.7 Å². The van der Waals surface area contributed by atoms with Gasteiger partial charge in [-0.3, -0.25) is 4.40 Å². The number of fused-ring (bicyclic) bond motifs is 1. The maximum absolute atomic E-state index is 13.0. The van der Waals surface area contributed by atoms with Crippen molar-refractivity contribution < 1.29 is 22.6 Å². The molecule has 3 aromatic rings. The molecule has 0 bridgehead atoms. The number of hydrogen-bond donors (Lipinski definition) is 0. The van der Waals surface area contributed by atoms with Crippen LogP contribution in [0.15, 0.2) is 30.9 Å². The number of rotatable bonds is 4. The van der Waals surface area contributed by atoms with Crippen LogP contribution in [0.3, 0.4) is 0 Å². The highest BCUT2D eigenvalue weighted by Gasteiger charge is 2.33. The lowest BCUT2D eigenvalue weighted by Crippen LogP contribution is -2.48. The van der Waals surface area contributed by atoms with Gasteiger partial charge in [-0.1, -0.05) is 0 Å². The fourth-order valence-electron chi connectivity index (χ4n) is 3.36. The standard InChI is InChI=1S/C18H19F3N6O2/c1-11-7-26(8-12(29-11)10-28-2)15-3-4-22-17(25-15)13-5-24-16-6-23-14(9-27(13)16)18(19,20)21/h3-6,9,11-12H,7-8,10H2,1-2H3. The summed E-state index contributed by atoms with van der Waals surface area (Å²) in [6, 6.07) is 1.76. The van der Waals surface area contributed by atoms with Gasteiger partial charge < -0.3 is 14.4 Å². The molecule has 0 amide bonds. The summed E-state index contributed by atoms with van der Waals surface area (Å²) in [6.45, 7) is 3.64. The highest BCUT2D eigenvalue weighted by molar-refractivity contribution is 5.58. The molecule has 0 aromatic carbocycles. The van der Waals surface area contributed by atoms with Crippen molar-refractivity contribution >= 4 is 11.5 Å². The molecule has 8 nitrogen and oxygen atoms in total. The van der Waals surface area contributed by atoms with Gasteiger partial charge in [0.25, 0.3) is 0 Å². The van der Waals surface area contributed by atoms with E-state index < -0.39 is 11.9 Å². The lowest BCUT2D eigenvalue weighted by molar-refractivity contribution is -0.141. The van der Waals surface area contributed by atoms with E-state index in [1.54, 1.807) is 19.4 Å². The van der Waals surface area contributed by atoms with Crippen molar-refractivity contribution in [3.8, 4) is 11.5 Å². The van der Waals surface area contributed by atoms with Gasteiger partial charge in [-0.05, 0) is 13.0 Å². The molecule has 0 aliphatic carbocycles. The number of anilines is 1. The second-order valence-electron chi connectivity index (χ2n) is 6.81. The first-order chi connectivity index (χ1) is 13.8. The zero-order valence-corrected chi connectivity index (χ0v) is 15.8. The fraction of sp³-hybridized carbons (Fsp3) is 0.444. The van der Waals surface area contributed by atoms with Gasteiger partial charge >= 0.3 is 6.18 Å². The molecule has 1 aliphatic rings.